The maximum Gasteiger partial charge on any atom is 0.163 e. The highest BCUT2D eigenvalue weighted by Gasteiger charge is 2.15. The Balaban J connectivity index is 2.09. The zero-order valence-corrected chi connectivity index (χ0v) is 10.8. The van der Waals surface area contributed by atoms with Gasteiger partial charge in [0.15, 0.2) is 5.78 Å². The molecule has 0 fully saturated rings. The predicted octanol–water partition coefficient (Wildman–Crippen LogP) is 3.66. The summed E-state index contributed by atoms with van der Waals surface area (Å²) >= 11 is 0. The van der Waals surface area contributed by atoms with Crippen molar-refractivity contribution in [3.63, 3.8) is 0 Å². The largest absolute Gasteiger partial charge is 0.384 e. The van der Waals surface area contributed by atoms with Gasteiger partial charge in [0.05, 0.1) is 0 Å². The summed E-state index contributed by atoms with van der Waals surface area (Å²) in [7, 11) is 0. The second-order valence-electron chi connectivity index (χ2n) is 4.86. The van der Waals surface area contributed by atoms with E-state index in [9.17, 15) is 4.79 Å². The van der Waals surface area contributed by atoms with Crippen LogP contribution in [0.2, 0.25) is 0 Å². The lowest BCUT2D eigenvalue weighted by Gasteiger charge is -2.11. The molecule has 2 heteroatoms. The topological polar surface area (TPSA) is 29.1 Å². The third-order valence-corrected chi connectivity index (χ3v) is 3.77. The van der Waals surface area contributed by atoms with Crippen molar-refractivity contribution in [1.82, 2.24) is 0 Å². The summed E-state index contributed by atoms with van der Waals surface area (Å²) in [5.74, 6) is 0.818. The Morgan fingerprint density at radius 1 is 1.35 bits per heavy atom. The molecule has 1 heterocycles. The van der Waals surface area contributed by atoms with Crippen molar-refractivity contribution in [2.75, 3.05) is 11.9 Å². The summed E-state index contributed by atoms with van der Waals surface area (Å²) in [4.78, 5) is 12.1. The number of carbonyl (C=O) groups is 1. The first-order chi connectivity index (χ1) is 8.24. The Morgan fingerprint density at radius 2 is 2.12 bits per heavy atom. The van der Waals surface area contributed by atoms with Crippen LogP contribution in [0.15, 0.2) is 18.2 Å². The SMILES string of the molecule is CCC(CC)CC(=O)c1ccc2c(c1)NCC2. The van der Waals surface area contributed by atoms with Crippen molar-refractivity contribution >= 4 is 11.5 Å². The van der Waals surface area contributed by atoms with Crippen LogP contribution in [-0.2, 0) is 6.42 Å². The Hall–Kier alpha value is -1.31. The molecule has 0 atom stereocenters. The Labute approximate surface area is 103 Å². The Morgan fingerprint density at radius 3 is 2.82 bits per heavy atom. The molecule has 17 heavy (non-hydrogen) atoms. The fourth-order valence-corrected chi connectivity index (χ4v) is 2.42. The predicted molar refractivity (Wildman–Crippen MR) is 71.7 cm³/mol. The standard InChI is InChI=1S/C15H21NO/c1-3-11(4-2)9-15(17)13-6-5-12-7-8-16-14(12)10-13/h5-6,10-11,16H,3-4,7-9H2,1-2H3. The fraction of sp³-hybridized carbons (Fsp3) is 0.533. The molecular formula is C15H21NO. The van der Waals surface area contributed by atoms with Crippen LogP contribution < -0.4 is 5.32 Å². The molecule has 1 N–H and O–H groups in total. The van der Waals surface area contributed by atoms with E-state index >= 15 is 0 Å². The number of anilines is 1. The number of hydrogen-bond donors (Lipinski definition) is 1. The first kappa shape index (κ1) is 12.2. The van der Waals surface area contributed by atoms with Crippen molar-refractivity contribution in [3.05, 3.63) is 29.3 Å². The number of benzene rings is 1. The maximum absolute atomic E-state index is 12.1. The average Bonchev–Trinajstić information content (AvgIpc) is 2.82. The molecule has 1 aromatic rings. The van der Waals surface area contributed by atoms with Crippen LogP contribution in [0.3, 0.4) is 0 Å². The van der Waals surface area contributed by atoms with Crippen LogP contribution in [0.25, 0.3) is 0 Å². The first-order valence-corrected chi connectivity index (χ1v) is 6.64. The van der Waals surface area contributed by atoms with Crippen molar-refractivity contribution in [2.24, 2.45) is 5.92 Å². The van der Waals surface area contributed by atoms with Gasteiger partial charge in [0.25, 0.3) is 0 Å². The molecule has 92 valence electrons. The van der Waals surface area contributed by atoms with Gasteiger partial charge in [-0.3, -0.25) is 4.79 Å². The molecule has 0 aliphatic carbocycles. The molecule has 1 aliphatic rings. The van der Waals surface area contributed by atoms with Gasteiger partial charge in [0.2, 0.25) is 0 Å². The van der Waals surface area contributed by atoms with Gasteiger partial charge in [-0.1, -0.05) is 38.8 Å². The van der Waals surface area contributed by atoms with Gasteiger partial charge in [0.1, 0.15) is 0 Å². The van der Waals surface area contributed by atoms with E-state index < -0.39 is 0 Å². The summed E-state index contributed by atoms with van der Waals surface area (Å²) in [6.45, 7) is 5.32. The summed E-state index contributed by atoms with van der Waals surface area (Å²) in [6.07, 6.45) is 3.94. The number of rotatable bonds is 5. The van der Waals surface area contributed by atoms with Gasteiger partial charge >= 0.3 is 0 Å². The summed E-state index contributed by atoms with van der Waals surface area (Å²) in [5, 5.41) is 3.32. The molecule has 0 saturated heterocycles. The highest BCUT2D eigenvalue weighted by molar-refractivity contribution is 5.97. The minimum Gasteiger partial charge on any atom is -0.384 e. The van der Waals surface area contributed by atoms with Crippen LogP contribution in [0, 0.1) is 5.92 Å². The molecule has 0 radical (unpaired) electrons. The molecule has 1 aromatic carbocycles. The van der Waals surface area contributed by atoms with Gasteiger partial charge < -0.3 is 5.32 Å². The summed E-state index contributed by atoms with van der Waals surface area (Å²) in [5.41, 5.74) is 3.36. The highest BCUT2D eigenvalue weighted by atomic mass is 16.1. The number of nitrogens with one attached hydrogen (secondary N) is 1. The van der Waals surface area contributed by atoms with E-state index in [-0.39, 0.29) is 5.78 Å². The monoisotopic (exact) mass is 231 g/mol. The lowest BCUT2D eigenvalue weighted by molar-refractivity contribution is 0.0959. The molecule has 0 saturated carbocycles. The molecule has 0 amide bonds. The number of carbonyl (C=O) groups excluding carboxylic acids is 1. The second kappa shape index (κ2) is 5.35. The molecule has 2 nitrogen and oxygen atoms in total. The smallest absolute Gasteiger partial charge is 0.163 e. The molecule has 0 bridgehead atoms. The number of fused-ring (bicyclic) bond motifs is 1. The fourth-order valence-electron chi connectivity index (χ4n) is 2.42. The minimum absolute atomic E-state index is 0.287. The quantitative estimate of drug-likeness (QED) is 0.783. The lowest BCUT2D eigenvalue weighted by atomic mass is 9.93. The molecule has 0 unspecified atom stereocenters. The minimum atomic E-state index is 0.287. The highest BCUT2D eigenvalue weighted by Crippen LogP contribution is 2.25. The van der Waals surface area contributed by atoms with Crippen LogP contribution in [-0.4, -0.2) is 12.3 Å². The average molecular weight is 231 g/mol. The van der Waals surface area contributed by atoms with Gasteiger partial charge in [-0.2, -0.15) is 0 Å². The van der Waals surface area contributed by atoms with Gasteiger partial charge in [-0.15, -0.1) is 0 Å². The van der Waals surface area contributed by atoms with Crippen molar-refractivity contribution < 1.29 is 4.79 Å². The van der Waals surface area contributed by atoms with E-state index in [0.29, 0.717) is 12.3 Å². The van der Waals surface area contributed by atoms with Crippen LogP contribution in [0.1, 0.15) is 49.0 Å². The summed E-state index contributed by atoms with van der Waals surface area (Å²) < 4.78 is 0. The van der Waals surface area contributed by atoms with Crippen LogP contribution >= 0.6 is 0 Å². The molecule has 0 spiro atoms. The van der Waals surface area contributed by atoms with E-state index in [2.05, 4.69) is 25.2 Å². The lowest BCUT2D eigenvalue weighted by Crippen LogP contribution is -2.07. The third-order valence-electron chi connectivity index (χ3n) is 3.77. The normalized spacial score (nSPS) is 13.6. The number of ketones is 1. The number of Topliss-reactive ketones (excluding diaryl/α,β-unsaturated/α-hetero) is 1. The van der Waals surface area contributed by atoms with E-state index in [0.717, 1.165) is 37.1 Å². The number of hydrogen-bond acceptors (Lipinski definition) is 2. The maximum atomic E-state index is 12.1. The molecule has 0 aromatic heterocycles. The van der Waals surface area contributed by atoms with Gasteiger partial charge in [-0.05, 0) is 24.0 Å². The summed E-state index contributed by atoms with van der Waals surface area (Å²) in [6, 6.07) is 6.10. The van der Waals surface area contributed by atoms with Crippen molar-refractivity contribution in [3.8, 4) is 0 Å². The molecular weight excluding hydrogens is 210 g/mol. The van der Waals surface area contributed by atoms with Crippen LogP contribution in [0.4, 0.5) is 5.69 Å². The zero-order valence-electron chi connectivity index (χ0n) is 10.8. The second-order valence-corrected chi connectivity index (χ2v) is 4.86. The molecule has 1 aliphatic heterocycles. The van der Waals surface area contributed by atoms with Crippen molar-refractivity contribution in [2.45, 2.75) is 39.5 Å². The Kier molecular flexibility index (Phi) is 3.82. The van der Waals surface area contributed by atoms with E-state index in [1.165, 1.54) is 5.56 Å². The van der Waals surface area contributed by atoms with E-state index in [4.69, 9.17) is 0 Å². The van der Waals surface area contributed by atoms with Crippen molar-refractivity contribution in [1.29, 1.82) is 0 Å². The van der Waals surface area contributed by atoms with Gasteiger partial charge in [0, 0.05) is 24.2 Å². The zero-order chi connectivity index (χ0) is 12.3. The third kappa shape index (κ3) is 2.68. The van der Waals surface area contributed by atoms with E-state index in [1.54, 1.807) is 0 Å². The van der Waals surface area contributed by atoms with E-state index in [1.807, 2.05) is 12.1 Å². The van der Waals surface area contributed by atoms with Crippen LogP contribution in [0.5, 0.6) is 0 Å². The Bertz CT molecular complexity index is 407. The molecule has 2 rings (SSSR count). The van der Waals surface area contributed by atoms with Gasteiger partial charge in [-0.25, -0.2) is 0 Å². The first-order valence-electron chi connectivity index (χ1n) is 6.64.